The molecule has 1 heterocycles. The van der Waals surface area contributed by atoms with E-state index < -0.39 is 10.0 Å². The first-order chi connectivity index (χ1) is 12.9. The summed E-state index contributed by atoms with van der Waals surface area (Å²) in [4.78, 5) is 12.4. The van der Waals surface area contributed by atoms with Crippen molar-refractivity contribution in [1.29, 1.82) is 0 Å². The average molecular weight is 427 g/mol. The molecule has 0 spiro atoms. The fraction of sp³-hybridized carbons (Fsp3) is 0.316. The van der Waals surface area contributed by atoms with E-state index in [0.717, 1.165) is 24.8 Å². The van der Waals surface area contributed by atoms with E-state index in [1.165, 1.54) is 22.5 Å². The van der Waals surface area contributed by atoms with E-state index >= 15 is 0 Å². The van der Waals surface area contributed by atoms with E-state index in [2.05, 4.69) is 5.32 Å². The Morgan fingerprint density at radius 1 is 1.00 bits per heavy atom. The van der Waals surface area contributed by atoms with Crippen LogP contribution >= 0.6 is 23.2 Å². The molecule has 5 nitrogen and oxygen atoms in total. The van der Waals surface area contributed by atoms with E-state index in [-0.39, 0.29) is 21.4 Å². The summed E-state index contributed by atoms with van der Waals surface area (Å²) >= 11 is 12.0. The van der Waals surface area contributed by atoms with Gasteiger partial charge in [-0.2, -0.15) is 4.31 Å². The minimum absolute atomic E-state index is 0.0230. The second-order valence-electron chi connectivity index (χ2n) is 6.42. The van der Waals surface area contributed by atoms with E-state index in [1.54, 1.807) is 12.1 Å². The molecule has 0 atom stereocenters. The van der Waals surface area contributed by atoms with Gasteiger partial charge in [0.2, 0.25) is 10.0 Å². The van der Waals surface area contributed by atoms with Crippen molar-refractivity contribution in [3.05, 3.63) is 63.6 Å². The third-order valence-corrected chi connectivity index (χ3v) is 7.12. The average Bonchev–Trinajstić information content (AvgIpc) is 2.68. The molecule has 0 unspecified atom stereocenters. The Kier molecular flexibility index (Phi) is 6.42. The van der Waals surface area contributed by atoms with Gasteiger partial charge in [-0.1, -0.05) is 41.8 Å². The number of halogens is 2. The zero-order valence-corrected chi connectivity index (χ0v) is 16.9. The summed E-state index contributed by atoms with van der Waals surface area (Å²) in [6, 6.07) is 11.4. The lowest BCUT2D eigenvalue weighted by molar-refractivity contribution is 0.0950. The largest absolute Gasteiger partial charge is 0.348 e. The zero-order valence-electron chi connectivity index (χ0n) is 14.6. The van der Waals surface area contributed by atoms with Crippen molar-refractivity contribution in [3.63, 3.8) is 0 Å². The lowest BCUT2D eigenvalue weighted by Gasteiger charge is -2.26. The molecule has 1 amide bonds. The van der Waals surface area contributed by atoms with Crippen LogP contribution in [0, 0.1) is 0 Å². The van der Waals surface area contributed by atoms with Gasteiger partial charge >= 0.3 is 0 Å². The van der Waals surface area contributed by atoms with Crippen molar-refractivity contribution in [2.45, 2.75) is 30.7 Å². The Morgan fingerprint density at radius 3 is 2.33 bits per heavy atom. The molecule has 8 heteroatoms. The lowest BCUT2D eigenvalue weighted by Crippen LogP contribution is -2.36. The van der Waals surface area contributed by atoms with Crippen LogP contribution in [0.25, 0.3) is 0 Å². The van der Waals surface area contributed by atoms with Crippen LogP contribution in [0.2, 0.25) is 10.0 Å². The molecule has 1 aliphatic heterocycles. The fourth-order valence-corrected chi connectivity index (χ4v) is 5.12. The van der Waals surface area contributed by atoms with Gasteiger partial charge < -0.3 is 5.32 Å². The Morgan fingerprint density at radius 2 is 1.67 bits per heavy atom. The Bertz CT molecular complexity index is 924. The predicted molar refractivity (Wildman–Crippen MR) is 107 cm³/mol. The molecule has 3 rings (SSSR count). The summed E-state index contributed by atoms with van der Waals surface area (Å²) in [5.41, 5.74) is 1.15. The van der Waals surface area contributed by atoms with Crippen LogP contribution in [-0.4, -0.2) is 31.7 Å². The second kappa shape index (κ2) is 8.61. The van der Waals surface area contributed by atoms with Gasteiger partial charge in [0.05, 0.1) is 5.02 Å². The summed E-state index contributed by atoms with van der Waals surface area (Å²) in [6.45, 7) is 1.27. The highest BCUT2D eigenvalue weighted by molar-refractivity contribution is 7.89. The summed E-state index contributed by atoms with van der Waals surface area (Å²) in [5.74, 6) is -0.364. The van der Waals surface area contributed by atoms with Crippen LogP contribution in [0.4, 0.5) is 0 Å². The molecule has 1 fully saturated rings. The molecule has 2 aromatic rings. The Labute approximate surface area is 169 Å². The van der Waals surface area contributed by atoms with Crippen LogP contribution in [0.1, 0.15) is 35.2 Å². The molecule has 0 bridgehead atoms. The van der Waals surface area contributed by atoms with Crippen LogP contribution in [0.15, 0.2) is 47.4 Å². The maximum atomic E-state index is 12.9. The number of hydrogen-bond acceptors (Lipinski definition) is 3. The van der Waals surface area contributed by atoms with E-state index in [9.17, 15) is 13.2 Å². The maximum Gasteiger partial charge on any atom is 0.251 e. The normalized spacial score (nSPS) is 15.5. The van der Waals surface area contributed by atoms with Crippen molar-refractivity contribution in [1.82, 2.24) is 9.62 Å². The van der Waals surface area contributed by atoms with Crippen LogP contribution in [0.5, 0.6) is 0 Å². The molecule has 0 radical (unpaired) electrons. The fourth-order valence-electron chi connectivity index (χ4n) is 2.97. The van der Waals surface area contributed by atoms with Gasteiger partial charge in [0.1, 0.15) is 4.90 Å². The molecule has 1 N–H and O–H groups in total. The minimum Gasteiger partial charge on any atom is -0.348 e. The highest BCUT2D eigenvalue weighted by Gasteiger charge is 2.28. The quantitative estimate of drug-likeness (QED) is 0.782. The monoisotopic (exact) mass is 426 g/mol. The summed E-state index contributed by atoms with van der Waals surface area (Å²) in [6.07, 6.45) is 2.68. The summed E-state index contributed by atoms with van der Waals surface area (Å²) in [5, 5.41) is 3.52. The number of carbonyl (C=O) groups is 1. The molecule has 144 valence electrons. The smallest absolute Gasteiger partial charge is 0.251 e. The first-order valence-corrected chi connectivity index (χ1v) is 10.9. The summed E-state index contributed by atoms with van der Waals surface area (Å²) < 4.78 is 27.2. The van der Waals surface area contributed by atoms with Crippen molar-refractivity contribution in [3.8, 4) is 0 Å². The number of benzene rings is 2. The van der Waals surface area contributed by atoms with E-state index in [4.69, 9.17) is 23.2 Å². The molecular weight excluding hydrogens is 407 g/mol. The highest BCUT2D eigenvalue weighted by atomic mass is 35.5. The van der Waals surface area contributed by atoms with Crippen LogP contribution in [0.3, 0.4) is 0 Å². The van der Waals surface area contributed by atoms with E-state index in [1.807, 2.05) is 12.1 Å². The zero-order chi connectivity index (χ0) is 19.4. The number of amides is 1. The summed E-state index contributed by atoms with van der Waals surface area (Å²) in [7, 11) is -3.71. The maximum absolute atomic E-state index is 12.9. The van der Waals surface area contributed by atoms with Gasteiger partial charge in [-0.15, -0.1) is 0 Å². The molecule has 0 aromatic heterocycles. The Hall–Kier alpha value is -1.60. The number of sulfonamides is 1. The molecule has 2 aromatic carbocycles. The second-order valence-corrected chi connectivity index (χ2v) is 9.17. The van der Waals surface area contributed by atoms with Gasteiger partial charge in [0.15, 0.2) is 0 Å². The van der Waals surface area contributed by atoms with Crippen LogP contribution in [-0.2, 0) is 16.6 Å². The highest BCUT2D eigenvalue weighted by Crippen LogP contribution is 2.28. The molecule has 1 saturated heterocycles. The Balaban J connectivity index is 1.77. The first kappa shape index (κ1) is 20.1. The topological polar surface area (TPSA) is 66.5 Å². The number of rotatable bonds is 5. The lowest BCUT2D eigenvalue weighted by atomic mass is 10.2. The van der Waals surface area contributed by atoms with Crippen molar-refractivity contribution >= 4 is 39.1 Å². The number of hydrogen-bond donors (Lipinski definition) is 1. The van der Waals surface area contributed by atoms with Gasteiger partial charge in [-0.3, -0.25) is 4.79 Å². The number of nitrogens with one attached hydrogen (secondary N) is 1. The molecule has 27 heavy (non-hydrogen) atoms. The van der Waals surface area contributed by atoms with Crippen molar-refractivity contribution in [2.24, 2.45) is 0 Å². The van der Waals surface area contributed by atoms with Crippen molar-refractivity contribution in [2.75, 3.05) is 13.1 Å². The van der Waals surface area contributed by atoms with Gasteiger partial charge in [0.25, 0.3) is 5.91 Å². The van der Waals surface area contributed by atoms with Crippen LogP contribution < -0.4 is 5.32 Å². The molecule has 0 aliphatic carbocycles. The van der Waals surface area contributed by atoms with Crippen molar-refractivity contribution < 1.29 is 13.2 Å². The number of piperidine rings is 1. The van der Waals surface area contributed by atoms with Gasteiger partial charge in [-0.05, 0) is 48.7 Å². The third-order valence-electron chi connectivity index (χ3n) is 4.49. The SMILES string of the molecule is O=C(NCc1ccc(Cl)cc1)c1ccc(Cl)c(S(=O)(=O)N2CCCCC2)c1. The standard InChI is InChI=1S/C19H20Cl2N2O3S/c20-16-7-4-14(5-8-16)13-22-19(24)15-6-9-17(21)18(12-15)27(25,26)23-10-2-1-3-11-23/h4-9,12H,1-3,10-11,13H2,(H,22,24). The first-order valence-electron chi connectivity index (χ1n) is 8.70. The number of nitrogens with zero attached hydrogens (tertiary/aromatic N) is 1. The molecule has 0 saturated carbocycles. The van der Waals surface area contributed by atoms with Gasteiger partial charge in [0, 0.05) is 30.2 Å². The molecule has 1 aliphatic rings. The molecular formula is C19H20Cl2N2O3S. The predicted octanol–water partition coefficient (Wildman–Crippen LogP) is 4.10. The van der Waals surface area contributed by atoms with Gasteiger partial charge in [-0.25, -0.2) is 8.42 Å². The minimum atomic E-state index is -3.71. The third kappa shape index (κ3) is 4.82. The van der Waals surface area contributed by atoms with E-state index in [0.29, 0.717) is 24.7 Å². The number of carbonyl (C=O) groups excluding carboxylic acids is 1.